The van der Waals surface area contributed by atoms with Crippen molar-refractivity contribution in [2.75, 3.05) is 0 Å². The van der Waals surface area contributed by atoms with Gasteiger partial charge in [-0.25, -0.2) is 8.78 Å². The zero-order valence-electron chi connectivity index (χ0n) is 8.14. The first-order valence-corrected chi connectivity index (χ1v) is 5.25. The molecule has 2 N–H and O–H groups in total. The maximum absolute atomic E-state index is 13.9. The summed E-state index contributed by atoms with van der Waals surface area (Å²) < 4.78 is 27.3. The van der Waals surface area contributed by atoms with E-state index in [1.165, 1.54) is 12.1 Å². The maximum Gasteiger partial charge on any atom is 0.128 e. The Morgan fingerprint density at radius 1 is 1.47 bits per heavy atom. The molecule has 82 valence electrons. The Balaban J connectivity index is 2.18. The van der Waals surface area contributed by atoms with Crippen LogP contribution in [0, 0.1) is 5.82 Å². The maximum atomic E-state index is 13.9. The van der Waals surface area contributed by atoms with Crippen molar-refractivity contribution >= 4 is 11.6 Å². The van der Waals surface area contributed by atoms with Crippen molar-refractivity contribution in [1.29, 1.82) is 0 Å². The molecule has 0 heterocycles. The molecule has 0 aliphatic heterocycles. The minimum Gasteiger partial charge on any atom is -0.327 e. The van der Waals surface area contributed by atoms with Gasteiger partial charge in [-0.15, -0.1) is 0 Å². The smallest absolute Gasteiger partial charge is 0.128 e. The number of rotatable bonds is 2. The molecule has 0 amide bonds. The van der Waals surface area contributed by atoms with Crippen molar-refractivity contribution < 1.29 is 8.78 Å². The van der Waals surface area contributed by atoms with Crippen LogP contribution < -0.4 is 5.73 Å². The second kappa shape index (κ2) is 3.72. The van der Waals surface area contributed by atoms with Crippen molar-refractivity contribution in [3.8, 4) is 0 Å². The van der Waals surface area contributed by atoms with E-state index in [1.54, 1.807) is 6.07 Å². The van der Waals surface area contributed by atoms with Gasteiger partial charge in [0.15, 0.2) is 0 Å². The highest BCUT2D eigenvalue weighted by molar-refractivity contribution is 6.31. The van der Waals surface area contributed by atoms with Gasteiger partial charge in [-0.2, -0.15) is 0 Å². The minimum absolute atomic E-state index is 0.0200. The Kier molecular flexibility index (Phi) is 2.69. The molecule has 1 aliphatic carbocycles. The number of nitrogens with two attached hydrogens (primary N) is 1. The highest BCUT2D eigenvalue weighted by atomic mass is 35.5. The molecule has 1 aromatic carbocycles. The summed E-state index contributed by atoms with van der Waals surface area (Å²) in [4.78, 5) is 0. The summed E-state index contributed by atoms with van der Waals surface area (Å²) in [6.45, 7) is 0. The molecular weight excluding hydrogens is 220 g/mol. The average Bonchev–Trinajstić information content (AvgIpc) is 2.09. The number of benzene rings is 1. The van der Waals surface area contributed by atoms with Crippen LogP contribution in [0.15, 0.2) is 18.2 Å². The largest absolute Gasteiger partial charge is 0.327 e. The zero-order chi connectivity index (χ0) is 11.1. The van der Waals surface area contributed by atoms with E-state index in [4.69, 9.17) is 17.3 Å². The van der Waals surface area contributed by atoms with Gasteiger partial charge < -0.3 is 5.73 Å². The van der Waals surface area contributed by atoms with Gasteiger partial charge in [-0.05, 0) is 25.0 Å². The van der Waals surface area contributed by atoms with Gasteiger partial charge in [0, 0.05) is 23.0 Å². The summed E-state index contributed by atoms with van der Waals surface area (Å²) in [6, 6.07) is 4.28. The topological polar surface area (TPSA) is 26.0 Å². The van der Waals surface area contributed by atoms with Gasteiger partial charge in [-0.1, -0.05) is 17.7 Å². The van der Waals surface area contributed by atoms with Crippen molar-refractivity contribution in [2.45, 2.75) is 31.0 Å². The average molecular weight is 232 g/mol. The second-order valence-electron chi connectivity index (χ2n) is 4.20. The number of halogens is 3. The van der Waals surface area contributed by atoms with Gasteiger partial charge >= 0.3 is 0 Å². The van der Waals surface area contributed by atoms with Crippen LogP contribution in [0.3, 0.4) is 0 Å². The fourth-order valence-electron chi connectivity index (χ4n) is 2.04. The van der Waals surface area contributed by atoms with Gasteiger partial charge in [-0.3, -0.25) is 0 Å². The Labute approximate surface area is 92.2 Å². The molecule has 1 fully saturated rings. The van der Waals surface area contributed by atoms with Crippen molar-refractivity contribution in [3.05, 3.63) is 34.6 Å². The van der Waals surface area contributed by atoms with Crippen LogP contribution in [0.1, 0.15) is 18.4 Å². The number of hydrogen-bond donors (Lipinski definition) is 1. The molecule has 0 aromatic heterocycles. The van der Waals surface area contributed by atoms with Gasteiger partial charge in [0.05, 0.1) is 0 Å². The molecular formula is C11H12ClF2N. The molecule has 1 saturated carbocycles. The molecule has 1 aromatic rings. The van der Waals surface area contributed by atoms with Gasteiger partial charge in [0.25, 0.3) is 0 Å². The molecule has 4 heteroatoms. The molecule has 1 aliphatic rings. The molecule has 0 saturated heterocycles. The van der Waals surface area contributed by atoms with Crippen LogP contribution in [0.4, 0.5) is 8.78 Å². The van der Waals surface area contributed by atoms with Gasteiger partial charge in [0.1, 0.15) is 11.5 Å². The van der Waals surface area contributed by atoms with Crippen LogP contribution in [0.5, 0.6) is 0 Å². The number of hydrogen-bond acceptors (Lipinski definition) is 1. The molecule has 0 spiro atoms. The van der Waals surface area contributed by atoms with E-state index >= 15 is 0 Å². The van der Waals surface area contributed by atoms with Crippen molar-refractivity contribution in [1.82, 2.24) is 0 Å². The molecule has 2 rings (SSSR count). The van der Waals surface area contributed by atoms with E-state index in [0.717, 1.165) is 0 Å². The van der Waals surface area contributed by atoms with E-state index < -0.39 is 11.5 Å². The first-order valence-electron chi connectivity index (χ1n) is 4.88. The number of alkyl halides is 1. The summed E-state index contributed by atoms with van der Waals surface area (Å²) in [5, 5.41) is 0.285. The molecule has 0 atom stereocenters. The first kappa shape index (κ1) is 10.8. The summed E-state index contributed by atoms with van der Waals surface area (Å²) >= 11 is 5.82. The summed E-state index contributed by atoms with van der Waals surface area (Å²) in [6.07, 6.45) is 0.599. The third-order valence-corrected chi connectivity index (χ3v) is 3.17. The highest BCUT2D eigenvalue weighted by Gasteiger charge is 2.43. The predicted molar refractivity (Wildman–Crippen MR) is 56.2 cm³/mol. The van der Waals surface area contributed by atoms with E-state index in [0.29, 0.717) is 0 Å². The summed E-state index contributed by atoms with van der Waals surface area (Å²) in [5.41, 5.74) is 4.41. The zero-order valence-corrected chi connectivity index (χ0v) is 8.90. The second-order valence-corrected chi connectivity index (χ2v) is 4.60. The van der Waals surface area contributed by atoms with Crippen molar-refractivity contribution in [2.24, 2.45) is 5.73 Å². The van der Waals surface area contributed by atoms with Crippen LogP contribution in [0.25, 0.3) is 0 Å². The predicted octanol–water partition coefficient (Wildman–Crippen LogP) is 2.85. The van der Waals surface area contributed by atoms with E-state index in [-0.39, 0.29) is 35.9 Å². The SMILES string of the molecule is NC1CC(F)(Cc2c(F)cccc2Cl)C1. The van der Waals surface area contributed by atoms with Crippen LogP contribution >= 0.6 is 11.6 Å². The first-order chi connectivity index (χ1) is 7.00. The lowest BCUT2D eigenvalue weighted by Crippen LogP contribution is -2.49. The lowest BCUT2D eigenvalue weighted by atomic mass is 9.74. The monoisotopic (exact) mass is 231 g/mol. The van der Waals surface area contributed by atoms with E-state index in [1.807, 2.05) is 0 Å². The lowest BCUT2D eigenvalue weighted by molar-refractivity contribution is 0.0436. The fraction of sp³-hybridized carbons (Fsp3) is 0.455. The highest BCUT2D eigenvalue weighted by Crippen LogP contribution is 2.39. The van der Waals surface area contributed by atoms with Crippen LogP contribution in [0.2, 0.25) is 5.02 Å². The summed E-state index contributed by atoms with van der Waals surface area (Å²) in [5.74, 6) is -0.444. The van der Waals surface area contributed by atoms with Gasteiger partial charge in [0.2, 0.25) is 0 Å². The van der Waals surface area contributed by atoms with Crippen LogP contribution in [-0.4, -0.2) is 11.7 Å². The van der Waals surface area contributed by atoms with E-state index in [2.05, 4.69) is 0 Å². The van der Waals surface area contributed by atoms with E-state index in [9.17, 15) is 8.78 Å². The third-order valence-electron chi connectivity index (χ3n) is 2.81. The molecule has 0 unspecified atom stereocenters. The fourth-order valence-corrected chi connectivity index (χ4v) is 2.27. The summed E-state index contributed by atoms with van der Waals surface area (Å²) in [7, 11) is 0. The molecule has 15 heavy (non-hydrogen) atoms. The third kappa shape index (κ3) is 2.13. The minimum atomic E-state index is -1.37. The van der Waals surface area contributed by atoms with Crippen molar-refractivity contribution in [3.63, 3.8) is 0 Å². The Morgan fingerprint density at radius 2 is 2.13 bits per heavy atom. The van der Waals surface area contributed by atoms with Crippen LogP contribution in [-0.2, 0) is 6.42 Å². The lowest BCUT2D eigenvalue weighted by Gasteiger charge is -2.39. The normalized spacial score (nSPS) is 30.0. The quantitative estimate of drug-likeness (QED) is 0.832. The molecule has 0 bridgehead atoms. The standard InChI is InChI=1S/C11H12ClF2N/c12-9-2-1-3-10(13)8(9)6-11(14)4-7(15)5-11/h1-3,7H,4-6,15H2. The Morgan fingerprint density at radius 3 is 2.67 bits per heavy atom. The Hall–Kier alpha value is -0.670. The molecule has 0 radical (unpaired) electrons. The molecule has 1 nitrogen and oxygen atoms in total. The Bertz CT molecular complexity index is 355.